The molecule has 4 rings (SSSR count). The van der Waals surface area contributed by atoms with Crippen molar-refractivity contribution in [1.82, 2.24) is 4.31 Å². The monoisotopic (exact) mass is 538 g/mol. The van der Waals surface area contributed by atoms with Crippen molar-refractivity contribution in [2.45, 2.75) is 50.5 Å². The topological polar surface area (TPSA) is 92.8 Å². The molecule has 7 nitrogen and oxygen atoms in total. The first kappa shape index (κ1) is 27.5. The number of sulfonamides is 1. The average Bonchev–Trinajstić information content (AvgIpc) is 2.92. The molecule has 0 fully saturated rings. The van der Waals surface area contributed by atoms with E-state index in [1.807, 2.05) is 44.2 Å². The first-order valence-corrected chi connectivity index (χ1v) is 14.1. The fourth-order valence-electron chi connectivity index (χ4n) is 4.81. The summed E-state index contributed by atoms with van der Waals surface area (Å²) in [5.74, 6) is -1.70. The number of ether oxygens (including phenoxy) is 1. The molecule has 3 aromatic rings. The van der Waals surface area contributed by atoms with Crippen molar-refractivity contribution in [2.24, 2.45) is 0 Å². The molecule has 0 saturated carbocycles. The van der Waals surface area contributed by atoms with Crippen LogP contribution in [0.1, 0.15) is 48.6 Å². The number of nitrogens with one attached hydrogen (secondary N) is 1. The predicted molar refractivity (Wildman–Crippen MR) is 143 cm³/mol. The number of hydrogen-bond acceptors (Lipinski definition) is 5. The summed E-state index contributed by atoms with van der Waals surface area (Å²) in [6, 6.07) is 17.0. The van der Waals surface area contributed by atoms with Crippen molar-refractivity contribution < 1.29 is 27.1 Å². The lowest BCUT2D eigenvalue weighted by Crippen LogP contribution is -2.41. The van der Waals surface area contributed by atoms with E-state index in [4.69, 9.17) is 4.74 Å². The number of carbonyl (C=O) groups is 2. The molecule has 38 heavy (non-hydrogen) atoms. The zero-order valence-corrected chi connectivity index (χ0v) is 22.3. The van der Waals surface area contributed by atoms with E-state index in [2.05, 4.69) is 5.32 Å². The van der Waals surface area contributed by atoms with Gasteiger partial charge in [-0.1, -0.05) is 56.3 Å². The second-order valence-electron chi connectivity index (χ2n) is 9.11. The zero-order valence-electron chi connectivity index (χ0n) is 21.4. The lowest BCUT2D eigenvalue weighted by atomic mass is 9.92. The number of benzene rings is 3. The van der Waals surface area contributed by atoms with Gasteiger partial charge in [0.15, 0.2) is 6.61 Å². The van der Waals surface area contributed by atoms with Gasteiger partial charge in [0.1, 0.15) is 5.82 Å². The number of amides is 1. The Balaban J connectivity index is 1.50. The highest BCUT2D eigenvalue weighted by Gasteiger charge is 2.38. The molecule has 0 aliphatic carbocycles. The lowest BCUT2D eigenvalue weighted by Gasteiger charge is -2.36. The van der Waals surface area contributed by atoms with E-state index in [0.29, 0.717) is 12.0 Å². The van der Waals surface area contributed by atoms with Crippen LogP contribution in [0.25, 0.3) is 0 Å². The summed E-state index contributed by atoms with van der Waals surface area (Å²) in [5.41, 5.74) is 4.36. The molecule has 200 valence electrons. The third-order valence-electron chi connectivity index (χ3n) is 6.77. The zero-order chi connectivity index (χ0) is 27.3. The lowest BCUT2D eigenvalue weighted by molar-refractivity contribution is -0.148. The third-order valence-corrected chi connectivity index (χ3v) is 8.69. The standard InChI is InChI=1S/C29H31FN2O5S/c1-3-20-9-7-10-21(4-2)29(20)31-27(33)19-37-28(34)18-26-25-11-6-5-8-22(25)16-17-32(26)38(35,36)24-14-12-23(30)13-15-24/h5-15,26H,3-4,16-19H2,1-2H3,(H,31,33)/t26-/m1/s1. The van der Waals surface area contributed by atoms with Crippen LogP contribution >= 0.6 is 0 Å². The Morgan fingerprint density at radius 2 is 1.63 bits per heavy atom. The van der Waals surface area contributed by atoms with Crippen LogP contribution in [0.4, 0.5) is 10.1 Å². The minimum atomic E-state index is -4.02. The van der Waals surface area contributed by atoms with E-state index in [1.165, 1.54) is 16.4 Å². The highest BCUT2D eigenvalue weighted by atomic mass is 32.2. The number of hydrogen-bond donors (Lipinski definition) is 1. The second kappa shape index (κ2) is 11.9. The van der Waals surface area contributed by atoms with Crippen molar-refractivity contribution in [3.63, 3.8) is 0 Å². The third kappa shape index (κ3) is 5.95. The fourth-order valence-corrected chi connectivity index (χ4v) is 6.42. The molecule has 0 spiro atoms. The number of nitrogens with zero attached hydrogens (tertiary/aromatic N) is 1. The van der Waals surface area contributed by atoms with Crippen molar-refractivity contribution in [3.05, 3.63) is 94.8 Å². The van der Waals surface area contributed by atoms with Crippen LogP contribution in [0.5, 0.6) is 0 Å². The molecule has 1 aliphatic heterocycles. The van der Waals surface area contributed by atoms with E-state index in [0.717, 1.165) is 47.4 Å². The first-order valence-electron chi connectivity index (χ1n) is 12.7. The van der Waals surface area contributed by atoms with E-state index in [1.54, 1.807) is 12.1 Å². The first-order chi connectivity index (χ1) is 18.2. The van der Waals surface area contributed by atoms with Crippen molar-refractivity contribution in [1.29, 1.82) is 0 Å². The largest absolute Gasteiger partial charge is 0.456 e. The Labute approximate surface area is 222 Å². The molecule has 9 heteroatoms. The number of aryl methyl sites for hydroxylation is 2. The summed E-state index contributed by atoms with van der Waals surface area (Å²) < 4.78 is 46.9. The van der Waals surface area contributed by atoms with Crippen molar-refractivity contribution >= 4 is 27.6 Å². The molecule has 0 radical (unpaired) electrons. The van der Waals surface area contributed by atoms with Gasteiger partial charge in [-0.15, -0.1) is 0 Å². The molecular weight excluding hydrogens is 507 g/mol. The Hall–Kier alpha value is -3.56. The van der Waals surface area contributed by atoms with Crippen molar-refractivity contribution in [3.8, 4) is 0 Å². The molecule has 3 aromatic carbocycles. The molecule has 0 aromatic heterocycles. The van der Waals surface area contributed by atoms with Crippen LogP contribution in [0, 0.1) is 5.82 Å². The van der Waals surface area contributed by atoms with Gasteiger partial charge in [-0.3, -0.25) is 9.59 Å². The molecule has 1 N–H and O–H groups in total. The van der Waals surface area contributed by atoms with Gasteiger partial charge in [0.2, 0.25) is 10.0 Å². The Bertz CT molecular complexity index is 1400. The van der Waals surface area contributed by atoms with Crippen LogP contribution < -0.4 is 5.32 Å². The van der Waals surface area contributed by atoms with Crippen LogP contribution in [0.15, 0.2) is 71.6 Å². The molecule has 1 aliphatic rings. The number of rotatable bonds is 9. The van der Waals surface area contributed by atoms with Gasteiger partial charge in [-0.25, -0.2) is 12.8 Å². The molecule has 0 unspecified atom stereocenters. The van der Waals surface area contributed by atoms with E-state index in [9.17, 15) is 22.4 Å². The molecule has 0 saturated heterocycles. The number of anilines is 1. The SMILES string of the molecule is CCc1cccc(CC)c1NC(=O)COC(=O)C[C@@H]1c2ccccc2CCN1S(=O)(=O)c1ccc(F)cc1. The fraction of sp³-hybridized carbons (Fsp3) is 0.310. The average molecular weight is 539 g/mol. The van der Waals surface area contributed by atoms with E-state index in [-0.39, 0.29) is 17.9 Å². The number of para-hydroxylation sites is 1. The molecule has 1 heterocycles. The highest BCUT2D eigenvalue weighted by molar-refractivity contribution is 7.89. The number of carbonyl (C=O) groups excluding carboxylic acids is 2. The minimum Gasteiger partial charge on any atom is -0.456 e. The molecule has 1 atom stereocenters. The van der Waals surface area contributed by atoms with Gasteiger partial charge < -0.3 is 10.1 Å². The highest BCUT2D eigenvalue weighted by Crippen LogP contribution is 2.36. The second-order valence-corrected chi connectivity index (χ2v) is 11.0. The van der Waals surface area contributed by atoms with E-state index >= 15 is 0 Å². The van der Waals surface area contributed by atoms with Gasteiger partial charge in [0.25, 0.3) is 5.91 Å². The van der Waals surface area contributed by atoms with Crippen LogP contribution in [0.3, 0.4) is 0 Å². The summed E-state index contributed by atoms with van der Waals surface area (Å²) in [5, 5.41) is 2.86. The Morgan fingerprint density at radius 1 is 0.974 bits per heavy atom. The molecular formula is C29H31FN2O5S. The van der Waals surface area contributed by atoms with Gasteiger partial charge >= 0.3 is 5.97 Å². The van der Waals surface area contributed by atoms with Gasteiger partial charge in [-0.05, 0) is 65.8 Å². The number of fused-ring (bicyclic) bond motifs is 1. The summed E-state index contributed by atoms with van der Waals surface area (Å²) in [7, 11) is -4.02. The maximum atomic E-state index is 13.5. The van der Waals surface area contributed by atoms with Crippen LogP contribution in [0.2, 0.25) is 0 Å². The van der Waals surface area contributed by atoms with Gasteiger partial charge in [0.05, 0.1) is 17.4 Å². The van der Waals surface area contributed by atoms with Crippen LogP contribution in [-0.4, -0.2) is 37.8 Å². The normalized spacial score (nSPS) is 15.5. The van der Waals surface area contributed by atoms with Gasteiger partial charge in [-0.2, -0.15) is 4.31 Å². The maximum absolute atomic E-state index is 13.5. The summed E-state index contributed by atoms with van der Waals surface area (Å²) in [6.45, 7) is 3.66. The smallest absolute Gasteiger partial charge is 0.308 e. The summed E-state index contributed by atoms with van der Waals surface area (Å²) in [6.07, 6.45) is 1.68. The minimum absolute atomic E-state index is 0.0580. The number of halogens is 1. The maximum Gasteiger partial charge on any atom is 0.308 e. The Kier molecular flexibility index (Phi) is 8.58. The molecule has 1 amide bonds. The predicted octanol–water partition coefficient (Wildman–Crippen LogP) is 4.81. The molecule has 0 bridgehead atoms. The quantitative estimate of drug-likeness (QED) is 0.395. The van der Waals surface area contributed by atoms with E-state index < -0.39 is 40.4 Å². The van der Waals surface area contributed by atoms with Crippen molar-refractivity contribution in [2.75, 3.05) is 18.5 Å². The van der Waals surface area contributed by atoms with Crippen LogP contribution in [-0.2, 0) is 43.6 Å². The summed E-state index contributed by atoms with van der Waals surface area (Å²) in [4.78, 5) is 25.5. The Morgan fingerprint density at radius 3 is 2.29 bits per heavy atom. The van der Waals surface area contributed by atoms with Gasteiger partial charge in [0, 0.05) is 12.2 Å². The number of esters is 1. The summed E-state index contributed by atoms with van der Waals surface area (Å²) >= 11 is 0.